The SMILES string of the molecule is Cc1ccsc1C(=O)NCC1NCCCC1(C)C.Cl. The molecule has 2 N–H and O–H groups in total. The Morgan fingerprint density at radius 1 is 1.58 bits per heavy atom. The van der Waals surface area contributed by atoms with Crippen LogP contribution in [0.2, 0.25) is 0 Å². The van der Waals surface area contributed by atoms with E-state index < -0.39 is 0 Å². The number of aryl methyl sites for hydroxylation is 1. The van der Waals surface area contributed by atoms with Crippen molar-refractivity contribution < 1.29 is 4.79 Å². The van der Waals surface area contributed by atoms with Crippen molar-refractivity contribution in [1.29, 1.82) is 0 Å². The fraction of sp³-hybridized carbons (Fsp3) is 0.643. The zero-order valence-electron chi connectivity index (χ0n) is 11.8. The maximum Gasteiger partial charge on any atom is 0.261 e. The van der Waals surface area contributed by atoms with E-state index in [9.17, 15) is 4.79 Å². The molecule has 3 nitrogen and oxygen atoms in total. The number of amides is 1. The summed E-state index contributed by atoms with van der Waals surface area (Å²) in [6, 6.07) is 2.36. The number of halogens is 1. The Morgan fingerprint density at radius 3 is 2.89 bits per heavy atom. The molecule has 1 aliphatic heterocycles. The van der Waals surface area contributed by atoms with Crippen LogP contribution in [0.5, 0.6) is 0 Å². The zero-order chi connectivity index (χ0) is 13.2. The van der Waals surface area contributed by atoms with E-state index in [0.717, 1.165) is 17.0 Å². The third kappa shape index (κ3) is 3.94. The predicted molar refractivity (Wildman–Crippen MR) is 83.4 cm³/mol. The van der Waals surface area contributed by atoms with E-state index in [1.54, 1.807) is 0 Å². The Balaban J connectivity index is 0.00000180. The number of nitrogens with one attached hydrogen (secondary N) is 2. The van der Waals surface area contributed by atoms with Crippen molar-refractivity contribution in [3.05, 3.63) is 21.9 Å². The van der Waals surface area contributed by atoms with E-state index in [1.807, 2.05) is 18.4 Å². The topological polar surface area (TPSA) is 41.1 Å². The number of thiophene rings is 1. The van der Waals surface area contributed by atoms with E-state index in [4.69, 9.17) is 0 Å². The lowest BCUT2D eigenvalue weighted by Crippen LogP contribution is -2.52. The Labute approximate surface area is 125 Å². The van der Waals surface area contributed by atoms with Crippen LogP contribution >= 0.6 is 23.7 Å². The standard InChI is InChI=1S/C14H22N2OS.ClH/c1-10-5-8-18-12(10)13(17)16-9-11-14(2,3)6-4-7-15-11;/h5,8,11,15H,4,6-7,9H2,1-3H3,(H,16,17);1H. The maximum absolute atomic E-state index is 12.1. The van der Waals surface area contributed by atoms with Crippen molar-refractivity contribution >= 4 is 29.7 Å². The molecule has 1 aliphatic rings. The summed E-state index contributed by atoms with van der Waals surface area (Å²) in [6.45, 7) is 8.29. The fourth-order valence-electron chi connectivity index (χ4n) is 2.50. The molecule has 1 unspecified atom stereocenters. The van der Waals surface area contributed by atoms with Gasteiger partial charge in [-0.05, 0) is 48.7 Å². The van der Waals surface area contributed by atoms with Gasteiger partial charge in [-0.2, -0.15) is 0 Å². The smallest absolute Gasteiger partial charge is 0.261 e. The second kappa shape index (κ2) is 6.73. The molecule has 0 bridgehead atoms. The van der Waals surface area contributed by atoms with Gasteiger partial charge in [0.1, 0.15) is 0 Å². The normalized spacial score (nSPS) is 21.5. The molecule has 19 heavy (non-hydrogen) atoms. The average Bonchev–Trinajstić information content (AvgIpc) is 2.73. The molecule has 0 aliphatic carbocycles. The minimum atomic E-state index is 0. The monoisotopic (exact) mass is 302 g/mol. The summed E-state index contributed by atoms with van der Waals surface area (Å²) in [5, 5.41) is 8.54. The number of hydrogen-bond acceptors (Lipinski definition) is 3. The lowest BCUT2D eigenvalue weighted by molar-refractivity contribution is 0.0932. The summed E-state index contributed by atoms with van der Waals surface area (Å²) in [6.07, 6.45) is 2.44. The van der Waals surface area contributed by atoms with Gasteiger partial charge in [0.05, 0.1) is 4.88 Å². The van der Waals surface area contributed by atoms with Crippen molar-refractivity contribution in [1.82, 2.24) is 10.6 Å². The third-order valence-corrected chi connectivity index (χ3v) is 4.88. The highest BCUT2D eigenvalue weighted by Crippen LogP contribution is 2.29. The number of hydrogen-bond donors (Lipinski definition) is 2. The van der Waals surface area contributed by atoms with E-state index in [-0.39, 0.29) is 23.7 Å². The third-order valence-electron chi connectivity index (χ3n) is 3.87. The minimum absolute atomic E-state index is 0. The van der Waals surface area contributed by atoms with E-state index >= 15 is 0 Å². The van der Waals surface area contributed by atoms with Crippen LogP contribution in [0.25, 0.3) is 0 Å². The molecule has 1 aromatic heterocycles. The van der Waals surface area contributed by atoms with Gasteiger partial charge >= 0.3 is 0 Å². The van der Waals surface area contributed by atoms with Gasteiger partial charge in [0, 0.05) is 12.6 Å². The van der Waals surface area contributed by atoms with Crippen LogP contribution < -0.4 is 10.6 Å². The van der Waals surface area contributed by atoms with Gasteiger partial charge in [0.25, 0.3) is 5.91 Å². The van der Waals surface area contributed by atoms with Crippen LogP contribution in [-0.2, 0) is 0 Å². The largest absolute Gasteiger partial charge is 0.350 e. The molecule has 1 atom stereocenters. The fourth-order valence-corrected chi connectivity index (χ4v) is 3.34. The van der Waals surface area contributed by atoms with Crippen molar-refractivity contribution in [2.24, 2.45) is 5.41 Å². The first-order valence-corrected chi connectivity index (χ1v) is 7.44. The molecule has 1 fully saturated rings. The Kier molecular flexibility index (Phi) is 5.83. The Morgan fingerprint density at radius 2 is 2.32 bits per heavy atom. The maximum atomic E-state index is 12.1. The summed E-state index contributed by atoms with van der Waals surface area (Å²) in [7, 11) is 0. The summed E-state index contributed by atoms with van der Waals surface area (Å²) in [4.78, 5) is 12.9. The van der Waals surface area contributed by atoms with Crippen LogP contribution in [-0.4, -0.2) is 25.0 Å². The molecule has 0 aromatic carbocycles. The molecule has 1 amide bonds. The molecule has 2 heterocycles. The quantitative estimate of drug-likeness (QED) is 0.901. The highest BCUT2D eigenvalue weighted by molar-refractivity contribution is 7.12. The van der Waals surface area contributed by atoms with Crippen molar-refractivity contribution in [2.75, 3.05) is 13.1 Å². The predicted octanol–water partition coefficient (Wildman–Crippen LogP) is 2.99. The second-order valence-corrected chi connectivity index (χ2v) is 6.66. The number of carbonyl (C=O) groups excluding carboxylic acids is 1. The molecule has 1 saturated heterocycles. The lowest BCUT2D eigenvalue weighted by atomic mass is 9.77. The molecule has 0 saturated carbocycles. The van der Waals surface area contributed by atoms with Gasteiger partial charge in [-0.1, -0.05) is 13.8 Å². The first kappa shape index (κ1) is 16.5. The average molecular weight is 303 g/mol. The Bertz CT molecular complexity index is 431. The van der Waals surface area contributed by atoms with Gasteiger partial charge in [-0.3, -0.25) is 4.79 Å². The van der Waals surface area contributed by atoms with E-state index in [1.165, 1.54) is 24.2 Å². The first-order valence-electron chi connectivity index (χ1n) is 6.56. The summed E-state index contributed by atoms with van der Waals surface area (Å²) < 4.78 is 0. The van der Waals surface area contributed by atoms with Gasteiger partial charge < -0.3 is 10.6 Å². The first-order chi connectivity index (χ1) is 8.50. The molecule has 0 spiro atoms. The van der Waals surface area contributed by atoms with E-state index in [0.29, 0.717) is 12.6 Å². The van der Waals surface area contributed by atoms with Crippen molar-refractivity contribution in [2.45, 2.75) is 39.7 Å². The zero-order valence-corrected chi connectivity index (χ0v) is 13.4. The molecular weight excluding hydrogens is 280 g/mol. The van der Waals surface area contributed by atoms with Crippen LogP contribution in [0.1, 0.15) is 41.9 Å². The lowest BCUT2D eigenvalue weighted by Gasteiger charge is -2.39. The number of rotatable bonds is 3. The highest BCUT2D eigenvalue weighted by atomic mass is 35.5. The van der Waals surface area contributed by atoms with Crippen LogP contribution in [0, 0.1) is 12.3 Å². The molecule has 5 heteroatoms. The second-order valence-electron chi connectivity index (χ2n) is 5.74. The summed E-state index contributed by atoms with van der Waals surface area (Å²) in [5.74, 6) is 0.0608. The van der Waals surface area contributed by atoms with Gasteiger partial charge in [-0.25, -0.2) is 0 Å². The molecule has 108 valence electrons. The van der Waals surface area contributed by atoms with Gasteiger partial charge in [0.2, 0.25) is 0 Å². The van der Waals surface area contributed by atoms with Crippen molar-refractivity contribution in [3.8, 4) is 0 Å². The molecular formula is C14H23ClN2OS. The highest BCUT2D eigenvalue weighted by Gasteiger charge is 2.32. The van der Waals surface area contributed by atoms with E-state index in [2.05, 4.69) is 24.5 Å². The summed E-state index contributed by atoms with van der Waals surface area (Å²) in [5.41, 5.74) is 1.32. The van der Waals surface area contributed by atoms with Crippen molar-refractivity contribution in [3.63, 3.8) is 0 Å². The van der Waals surface area contributed by atoms with Crippen LogP contribution in [0.15, 0.2) is 11.4 Å². The van der Waals surface area contributed by atoms with Crippen LogP contribution in [0.4, 0.5) is 0 Å². The molecule has 1 aromatic rings. The molecule has 2 rings (SSSR count). The van der Waals surface area contributed by atoms with Gasteiger partial charge in [-0.15, -0.1) is 23.7 Å². The molecule has 0 radical (unpaired) electrons. The Hall–Kier alpha value is -0.580. The van der Waals surface area contributed by atoms with Crippen LogP contribution in [0.3, 0.4) is 0 Å². The minimum Gasteiger partial charge on any atom is -0.350 e. The summed E-state index contributed by atoms with van der Waals surface area (Å²) >= 11 is 1.51. The number of carbonyl (C=O) groups is 1. The number of piperidine rings is 1. The van der Waals surface area contributed by atoms with Gasteiger partial charge in [0.15, 0.2) is 0 Å².